The van der Waals surface area contributed by atoms with E-state index >= 15 is 0 Å². The van der Waals surface area contributed by atoms with Gasteiger partial charge >= 0.3 is 12.0 Å². The van der Waals surface area contributed by atoms with Gasteiger partial charge in [-0.15, -0.1) is 12.3 Å². The molecule has 1 aliphatic heterocycles. The van der Waals surface area contributed by atoms with Crippen LogP contribution in [0.4, 0.5) is 4.79 Å². The van der Waals surface area contributed by atoms with E-state index in [1.54, 1.807) is 0 Å². The van der Waals surface area contributed by atoms with Crippen molar-refractivity contribution in [3.63, 3.8) is 0 Å². The van der Waals surface area contributed by atoms with Gasteiger partial charge in [-0.05, 0) is 18.8 Å². The van der Waals surface area contributed by atoms with Crippen LogP contribution in [0.5, 0.6) is 0 Å². The fraction of sp³-hybridized carbons (Fsp3) is 0.667. The number of aliphatic carboxylic acids is 1. The van der Waals surface area contributed by atoms with E-state index in [0.29, 0.717) is 31.8 Å². The molecule has 0 spiro atoms. The van der Waals surface area contributed by atoms with E-state index in [9.17, 15) is 9.59 Å². The summed E-state index contributed by atoms with van der Waals surface area (Å²) in [4.78, 5) is 24.3. The van der Waals surface area contributed by atoms with Gasteiger partial charge < -0.3 is 15.3 Å². The first kappa shape index (κ1) is 13.4. The van der Waals surface area contributed by atoms with Crippen molar-refractivity contribution in [3.05, 3.63) is 0 Å². The van der Waals surface area contributed by atoms with Crippen LogP contribution >= 0.6 is 0 Å². The van der Waals surface area contributed by atoms with Gasteiger partial charge in [-0.25, -0.2) is 9.59 Å². The summed E-state index contributed by atoms with van der Waals surface area (Å²) < 4.78 is 0. The van der Waals surface area contributed by atoms with E-state index < -0.39 is 12.0 Å². The highest BCUT2D eigenvalue weighted by atomic mass is 16.4. The number of carbonyl (C=O) groups is 2. The second-order valence-corrected chi connectivity index (χ2v) is 4.36. The fourth-order valence-corrected chi connectivity index (χ4v) is 1.96. The highest BCUT2D eigenvalue weighted by Crippen LogP contribution is 2.22. The molecule has 1 saturated heterocycles. The highest BCUT2D eigenvalue weighted by Gasteiger charge is 2.34. The van der Waals surface area contributed by atoms with Crippen molar-refractivity contribution in [3.8, 4) is 12.3 Å². The molecular formula is C12H18N2O3. The first-order valence-corrected chi connectivity index (χ1v) is 5.77. The predicted octanol–water partition coefficient (Wildman–Crippen LogP) is 0.904. The number of carbonyl (C=O) groups excluding carboxylic acids is 1. The molecule has 2 unspecified atom stereocenters. The third-order valence-electron chi connectivity index (χ3n) is 2.96. The predicted molar refractivity (Wildman–Crippen MR) is 63.4 cm³/mol. The molecule has 2 N–H and O–H groups in total. The molecule has 1 fully saturated rings. The van der Waals surface area contributed by atoms with Crippen molar-refractivity contribution in [2.75, 3.05) is 13.1 Å². The minimum atomic E-state index is -0.941. The Labute approximate surface area is 101 Å². The summed E-state index contributed by atoms with van der Waals surface area (Å²) in [6.45, 7) is 2.87. The van der Waals surface area contributed by atoms with Gasteiger partial charge in [0.15, 0.2) is 0 Å². The molecule has 1 aliphatic rings. The third kappa shape index (κ3) is 3.66. The fourth-order valence-electron chi connectivity index (χ4n) is 1.96. The lowest BCUT2D eigenvalue weighted by Gasteiger charge is -2.35. The summed E-state index contributed by atoms with van der Waals surface area (Å²) in [5, 5.41) is 11.7. The molecule has 1 heterocycles. The van der Waals surface area contributed by atoms with Gasteiger partial charge in [0, 0.05) is 19.5 Å². The van der Waals surface area contributed by atoms with E-state index in [1.165, 1.54) is 4.90 Å². The Kier molecular flexibility index (Phi) is 4.83. The zero-order valence-electron chi connectivity index (χ0n) is 9.98. The maximum absolute atomic E-state index is 11.8. The van der Waals surface area contributed by atoms with Crippen LogP contribution in [-0.2, 0) is 4.79 Å². The smallest absolute Gasteiger partial charge is 0.326 e. The summed E-state index contributed by atoms with van der Waals surface area (Å²) in [7, 11) is 0. The minimum Gasteiger partial charge on any atom is -0.480 e. The van der Waals surface area contributed by atoms with Crippen LogP contribution in [0, 0.1) is 18.3 Å². The van der Waals surface area contributed by atoms with Crippen molar-refractivity contribution in [2.24, 2.45) is 5.92 Å². The highest BCUT2D eigenvalue weighted by molar-refractivity contribution is 5.82. The number of rotatable bonds is 3. The SMILES string of the molecule is C#CCCNC(=O)N1CCC(C)CC1C(=O)O. The van der Waals surface area contributed by atoms with Gasteiger partial charge in [0.25, 0.3) is 0 Å². The van der Waals surface area contributed by atoms with Gasteiger partial charge in [0.05, 0.1) is 0 Å². The van der Waals surface area contributed by atoms with E-state index in [-0.39, 0.29) is 6.03 Å². The summed E-state index contributed by atoms with van der Waals surface area (Å²) in [6.07, 6.45) is 6.88. The van der Waals surface area contributed by atoms with Gasteiger partial charge in [0.2, 0.25) is 0 Å². The molecule has 94 valence electrons. The maximum Gasteiger partial charge on any atom is 0.326 e. The Balaban J connectivity index is 2.57. The number of nitrogens with zero attached hydrogens (tertiary/aromatic N) is 1. The molecule has 5 nitrogen and oxygen atoms in total. The maximum atomic E-state index is 11.8. The first-order valence-electron chi connectivity index (χ1n) is 5.77. The number of piperidine rings is 1. The summed E-state index contributed by atoms with van der Waals surface area (Å²) in [5.74, 6) is 1.82. The van der Waals surface area contributed by atoms with Crippen molar-refractivity contribution < 1.29 is 14.7 Å². The number of urea groups is 1. The van der Waals surface area contributed by atoms with E-state index in [4.69, 9.17) is 11.5 Å². The summed E-state index contributed by atoms with van der Waals surface area (Å²) in [6, 6.07) is -1.05. The van der Waals surface area contributed by atoms with Gasteiger partial charge in [-0.1, -0.05) is 6.92 Å². The molecule has 0 saturated carbocycles. The number of terminal acetylenes is 1. The first-order chi connectivity index (χ1) is 8.06. The van der Waals surface area contributed by atoms with Crippen LogP contribution in [0.2, 0.25) is 0 Å². The zero-order valence-corrected chi connectivity index (χ0v) is 9.98. The van der Waals surface area contributed by atoms with Crippen LogP contribution < -0.4 is 5.32 Å². The molecule has 0 aromatic carbocycles. The van der Waals surface area contributed by atoms with Crippen molar-refractivity contribution in [1.82, 2.24) is 10.2 Å². The van der Waals surface area contributed by atoms with Gasteiger partial charge in [-0.2, -0.15) is 0 Å². The number of carboxylic acid groups (broad SMARTS) is 1. The molecule has 0 aromatic rings. The molecule has 2 atom stereocenters. The van der Waals surface area contributed by atoms with Gasteiger partial charge in [0.1, 0.15) is 6.04 Å². The molecule has 1 rings (SSSR count). The number of nitrogens with one attached hydrogen (secondary N) is 1. The Hall–Kier alpha value is -1.70. The summed E-state index contributed by atoms with van der Waals surface area (Å²) in [5.41, 5.74) is 0. The lowest BCUT2D eigenvalue weighted by atomic mass is 9.93. The third-order valence-corrected chi connectivity index (χ3v) is 2.96. The number of carboxylic acids is 1. The van der Waals surface area contributed by atoms with Crippen LogP contribution in [-0.4, -0.2) is 41.1 Å². The van der Waals surface area contributed by atoms with Crippen molar-refractivity contribution in [2.45, 2.75) is 32.2 Å². The molecule has 0 aromatic heterocycles. The Bertz CT molecular complexity index is 335. The zero-order chi connectivity index (χ0) is 12.8. The standard InChI is InChI=1S/C12H18N2O3/c1-3-4-6-13-12(17)14-7-5-9(2)8-10(14)11(15)16/h1,9-10H,4-8H2,2H3,(H,13,17)(H,15,16). The van der Waals surface area contributed by atoms with Crippen LogP contribution in [0.15, 0.2) is 0 Å². The largest absolute Gasteiger partial charge is 0.480 e. The monoisotopic (exact) mass is 238 g/mol. The molecule has 17 heavy (non-hydrogen) atoms. The van der Waals surface area contributed by atoms with E-state index in [1.807, 2.05) is 6.92 Å². The van der Waals surface area contributed by atoms with E-state index in [2.05, 4.69) is 11.2 Å². The van der Waals surface area contributed by atoms with Crippen LogP contribution in [0.1, 0.15) is 26.2 Å². The van der Waals surface area contributed by atoms with Crippen LogP contribution in [0.25, 0.3) is 0 Å². The number of hydrogen-bond donors (Lipinski definition) is 2. The Morgan fingerprint density at radius 2 is 2.29 bits per heavy atom. The van der Waals surface area contributed by atoms with Crippen molar-refractivity contribution in [1.29, 1.82) is 0 Å². The number of hydrogen-bond acceptors (Lipinski definition) is 2. The molecule has 0 aliphatic carbocycles. The Morgan fingerprint density at radius 3 is 2.88 bits per heavy atom. The van der Waals surface area contributed by atoms with Crippen molar-refractivity contribution >= 4 is 12.0 Å². The van der Waals surface area contributed by atoms with Crippen LogP contribution in [0.3, 0.4) is 0 Å². The molecule has 0 radical (unpaired) electrons. The second kappa shape index (κ2) is 6.14. The lowest BCUT2D eigenvalue weighted by Crippen LogP contribution is -2.53. The Morgan fingerprint density at radius 1 is 1.59 bits per heavy atom. The quantitative estimate of drug-likeness (QED) is 0.567. The summed E-state index contributed by atoms with van der Waals surface area (Å²) >= 11 is 0. The minimum absolute atomic E-state index is 0.334. The molecule has 2 amide bonds. The number of likely N-dealkylation sites (tertiary alicyclic amines) is 1. The average Bonchev–Trinajstić information content (AvgIpc) is 2.29. The molecule has 0 bridgehead atoms. The topological polar surface area (TPSA) is 69.6 Å². The normalized spacial score (nSPS) is 23.9. The van der Waals surface area contributed by atoms with E-state index in [0.717, 1.165) is 6.42 Å². The lowest BCUT2D eigenvalue weighted by molar-refractivity contribution is -0.143. The number of amides is 2. The molecule has 5 heteroatoms. The molecular weight excluding hydrogens is 220 g/mol. The average molecular weight is 238 g/mol. The van der Waals surface area contributed by atoms with Gasteiger partial charge in [-0.3, -0.25) is 0 Å². The second-order valence-electron chi connectivity index (χ2n) is 4.36.